The van der Waals surface area contributed by atoms with Crippen molar-refractivity contribution in [3.8, 4) is 16.9 Å². The highest BCUT2D eigenvalue weighted by Gasteiger charge is 2.21. The maximum absolute atomic E-state index is 13.6. The number of carbonyl (C=O) groups is 1. The summed E-state index contributed by atoms with van der Waals surface area (Å²) in [5, 5.41) is 22.3. The number of aryl methyl sites for hydroxylation is 1. The number of nitrogens with one attached hydrogen (secondary N) is 1. The van der Waals surface area contributed by atoms with Crippen molar-refractivity contribution >= 4 is 18.4 Å². The van der Waals surface area contributed by atoms with Crippen molar-refractivity contribution in [2.75, 3.05) is 13.7 Å². The van der Waals surface area contributed by atoms with Crippen LogP contribution in [-0.2, 0) is 13.0 Å². The molecule has 0 spiro atoms. The standard InChI is InChI=1S/C30H36BNO4/c1-32-21-22-15-16-29-26(18-22)12-5-9-23(8-3-2-4-17-36-29)30(33)27-13-6-10-24(19-27)25-11-7-14-28(20-25)31(34)35/h6-7,10-11,13-16,18-20,23,32,34-35H,2-5,8-9,12,17,21H2,1H3. The smallest absolute Gasteiger partial charge is 0.488 e. The minimum atomic E-state index is -1.52. The Bertz CT molecular complexity index is 1160. The number of carbonyl (C=O) groups excluding carboxylic acids is 1. The normalized spacial score (nSPS) is 16.7. The van der Waals surface area contributed by atoms with Crippen LogP contribution in [0.5, 0.6) is 5.75 Å². The molecule has 4 rings (SSSR count). The third-order valence-corrected chi connectivity index (χ3v) is 6.99. The van der Waals surface area contributed by atoms with Gasteiger partial charge in [-0.3, -0.25) is 4.79 Å². The van der Waals surface area contributed by atoms with E-state index in [1.807, 2.05) is 37.4 Å². The van der Waals surface area contributed by atoms with E-state index >= 15 is 0 Å². The van der Waals surface area contributed by atoms with Crippen LogP contribution in [0.25, 0.3) is 11.1 Å². The van der Waals surface area contributed by atoms with E-state index in [4.69, 9.17) is 4.74 Å². The molecule has 0 aromatic heterocycles. The summed E-state index contributed by atoms with van der Waals surface area (Å²) in [6, 6.07) is 21.3. The fourth-order valence-electron chi connectivity index (χ4n) is 5.05. The highest BCUT2D eigenvalue weighted by Crippen LogP contribution is 2.28. The van der Waals surface area contributed by atoms with Crippen LogP contribution in [0.2, 0.25) is 0 Å². The molecule has 0 amide bonds. The van der Waals surface area contributed by atoms with Crippen LogP contribution in [0.15, 0.2) is 66.7 Å². The Morgan fingerprint density at radius 2 is 1.72 bits per heavy atom. The summed E-state index contributed by atoms with van der Waals surface area (Å²) < 4.78 is 6.10. The number of ether oxygens (including phenoxy) is 1. The molecule has 1 heterocycles. The predicted octanol–water partition coefficient (Wildman–Crippen LogP) is 4.53. The quantitative estimate of drug-likeness (QED) is 0.353. The van der Waals surface area contributed by atoms with E-state index in [2.05, 4.69) is 23.5 Å². The first-order valence-corrected chi connectivity index (χ1v) is 13.0. The summed E-state index contributed by atoms with van der Waals surface area (Å²) >= 11 is 0. The summed E-state index contributed by atoms with van der Waals surface area (Å²) in [5.41, 5.74) is 5.39. The molecule has 6 heteroatoms. The van der Waals surface area contributed by atoms with E-state index < -0.39 is 7.12 Å². The predicted molar refractivity (Wildman–Crippen MR) is 146 cm³/mol. The molecule has 0 saturated heterocycles. The Hall–Kier alpha value is -2.93. The molecule has 3 aromatic carbocycles. The summed E-state index contributed by atoms with van der Waals surface area (Å²) in [5.74, 6) is 1.17. The molecule has 188 valence electrons. The van der Waals surface area contributed by atoms with Gasteiger partial charge in [0.05, 0.1) is 6.61 Å². The first kappa shape index (κ1) is 26.1. The Balaban J connectivity index is 1.51. The van der Waals surface area contributed by atoms with Gasteiger partial charge in [-0.2, -0.15) is 0 Å². The van der Waals surface area contributed by atoms with Crippen molar-refractivity contribution in [3.63, 3.8) is 0 Å². The highest BCUT2D eigenvalue weighted by molar-refractivity contribution is 6.58. The van der Waals surface area contributed by atoms with E-state index in [0.717, 1.165) is 73.9 Å². The van der Waals surface area contributed by atoms with E-state index in [9.17, 15) is 14.8 Å². The van der Waals surface area contributed by atoms with Gasteiger partial charge in [0.2, 0.25) is 0 Å². The Kier molecular flexibility index (Phi) is 9.34. The molecule has 1 aliphatic heterocycles. The summed E-state index contributed by atoms with van der Waals surface area (Å²) in [7, 11) is 0.435. The molecule has 1 unspecified atom stereocenters. The number of hydrogen-bond acceptors (Lipinski definition) is 5. The third-order valence-electron chi connectivity index (χ3n) is 6.99. The topological polar surface area (TPSA) is 78.8 Å². The molecule has 3 aromatic rings. The molecule has 1 aliphatic rings. The lowest BCUT2D eigenvalue weighted by atomic mass is 9.79. The van der Waals surface area contributed by atoms with Crippen LogP contribution >= 0.6 is 0 Å². The number of benzene rings is 3. The second-order valence-electron chi connectivity index (χ2n) is 9.70. The molecule has 36 heavy (non-hydrogen) atoms. The van der Waals surface area contributed by atoms with Gasteiger partial charge in [0.15, 0.2) is 5.78 Å². The lowest BCUT2D eigenvalue weighted by Gasteiger charge is -2.19. The molecule has 0 fully saturated rings. The zero-order chi connectivity index (χ0) is 25.3. The summed E-state index contributed by atoms with van der Waals surface area (Å²) in [6.45, 7) is 1.53. The SMILES string of the molecule is CNCc1ccc2c(c1)CCCC(C(=O)c1cccc(-c3cccc(B(O)O)c3)c1)CCCCCO2. The third kappa shape index (κ3) is 6.85. The van der Waals surface area contributed by atoms with Gasteiger partial charge in [-0.05, 0) is 79.0 Å². The van der Waals surface area contributed by atoms with Crippen LogP contribution in [-0.4, -0.2) is 36.6 Å². The Labute approximate surface area is 214 Å². The van der Waals surface area contributed by atoms with Gasteiger partial charge >= 0.3 is 7.12 Å². The molecule has 5 nitrogen and oxygen atoms in total. The lowest BCUT2D eigenvalue weighted by molar-refractivity contribution is 0.0902. The molecule has 0 radical (unpaired) electrons. The number of hydrogen-bond donors (Lipinski definition) is 3. The maximum atomic E-state index is 13.6. The van der Waals surface area contributed by atoms with Gasteiger partial charge in [-0.15, -0.1) is 0 Å². The van der Waals surface area contributed by atoms with E-state index in [-0.39, 0.29) is 11.7 Å². The Morgan fingerprint density at radius 1 is 0.944 bits per heavy atom. The minimum absolute atomic E-state index is 0.00451. The molecular weight excluding hydrogens is 449 g/mol. The van der Waals surface area contributed by atoms with Gasteiger partial charge in [0, 0.05) is 18.0 Å². The second-order valence-corrected chi connectivity index (χ2v) is 9.70. The van der Waals surface area contributed by atoms with Gasteiger partial charge in [0.1, 0.15) is 5.75 Å². The summed E-state index contributed by atoms with van der Waals surface area (Å²) in [4.78, 5) is 13.6. The first-order chi connectivity index (χ1) is 17.5. The second kappa shape index (κ2) is 12.9. The van der Waals surface area contributed by atoms with Crippen LogP contribution in [0.3, 0.4) is 0 Å². The number of Topliss-reactive ketones (excluding diaryl/α,β-unsaturated/α-hetero) is 1. The molecular formula is C30H36BNO4. The van der Waals surface area contributed by atoms with Crippen LogP contribution in [0.4, 0.5) is 0 Å². The lowest BCUT2D eigenvalue weighted by Crippen LogP contribution is -2.29. The van der Waals surface area contributed by atoms with E-state index in [0.29, 0.717) is 12.1 Å². The van der Waals surface area contributed by atoms with Gasteiger partial charge < -0.3 is 20.1 Å². The maximum Gasteiger partial charge on any atom is 0.488 e. The molecule has 0 saturated carbocycles. The molecule has 0 bridgehead atoms. The van der Waals surface area contributed by atoms with Crippen molar-refractivity contribution < 1.29 is 19.6 Å². The average Bonchev–Trinajstić information content (AvgIpc) is 2.89. The number of rotatable bonds is 6. The van der Waals surface area contributed by atoms with Crippen molar-refractivity contribution in [2.24, 2.45) is 5.92 Å². The minimum Gasteiger partial charge on any atom is -0.493 e. The van der Waals surface area contributed by atoms with Gasteiger partial charge in [-0.25, -0.2) is 0 Å². The monoisotopic (exact) mass is 485 g/mol. The van der Waals surface area contributed by atoms with Crippen LogP contribution in [0, 0.1) is 5.92 Å². The van der Waals surface area contributed by atoms with Crippen molar-refractivity contribution in [3.05, 3.63) is 83.4 Å². The number of ketones is 1. The van der Waals surface area contributed by atoms with Gasteiger partial charge in [-0.1, -0.05) is 67.4 Å². The van der Waals surface area contributed by atoms with Crippen molar-refractivity contribution in [1.29, 1.82) is 0 Å². The van der Waals surface area contributed by atoms with Crippen molar-refractivity contribution in [2.45, 2.75) is 51.5 Å². The van der Waals surface area contributed by atoms with Gasteiger partial charge in [0.25, 0.3) is 0 Å². The van der Waals surface area contributed by atoms with Crippen LogP contribution < -0.4 is 15.5 Å². The Morgan fingerprint density at radius 3 is 2.53 bits per heavy atom. The van der Waals surface area contributed by atoms with E-state index in [1.54, 1.807) is 18.2 Å². The zero-order valence-corrected chi connectivity index (χ0v) is 21.1. The highest BCUT2D eigenvalue weighted by atomic mass is 16.5. The van der Waals surface area contributed by atoms with E-state index in [1.165, 1.54) is 11.1 Å². The molecule has 0 aliphatic carbocycles. The van der Waals surface area contributed by atoms with Crippen molar-refractivity contribution in [1.82, 2.24) is 5.32 Å². The van der Waals surface area contributed by atoms with Crippen LogP contribution in [0.1, 0.15) is 60.0 Å². The number of fused-ring (bicyclic) bond motifs is 1. The first-order valence-electron chi connectivity index (χ1n) is 13.0. The fraction of sp³-hybridized carbons (Fsp3) is 0.367. The largest absolute Gasteiger partial charge is 0.493 e. The molecule has 3 N–H and O–H groups in total. The summed E-state index contributed by atoms with van der Waals surface area (Å²) in [6.07, 6.45) is 6.63. The average molecular weight is 485 g/mol. The molecule has 1 atom stereocenters. The zero-order valence-electron chi connectivity index (χ0n) is 21.1. The fourth-order valence-corrected chi connectivity index (χ4v) is 5.05.